The Bertz CT molecular complexity index is 894. The van der Waals surface area contributed by atoms with Crippen molar-refractivity contribution in [1.29, 1.82) is 0 Å². The lowest BCUT2D eigenvalue weighted by atomic mass is 10.1. The van der Waals surface area contributed by atoms with Crippen LogP contribution in [0.5, 0.6) is 0 Å². The number of hydrogen-bond acceptors (Lipinski definition) is 6. The van der Waals surface area contributed by atoms with Gasteiger partial charge in [0.05, 0.1) is 37.2 Å². The van der Waals surface area contributed by atoms with E-state index < -0.39 is 0 Å². The molecule has 0 radical (unpaired) electrons. The fourth-order valence-corrected chi connectivity index (χ4v) is 4.37. The Hall–Kier alpha value is -2.28. The molecule has 7 heteroatoms. The largest absolute Gasteiger partial charge is 0.376 e. The maximum absolute atomic E-state index is 12.4. The minimum Gasteiger partial charge on any atom is -0.376 e. The zero-order valence-corrected chi connectivity index (χ0v) is 14.9. The third-order valence-electron chi connectivity index (χ3n) is 5.77. The molecule has 1 aliphatic carbocycles. The van der Waals surface area contributed by atoms with Gasteiger partial charge in [-0.05, 0) is 43.7 Å². The number of aryl methyl sites for hydroxylation is 2. The van der Waals surface area contributed by atoms with Crippen LogP contribution < -0.4 is 10.5 Å². The molecule has 7 nitrogen and oxygen atoms in total. The molecule has 2 aromatic heterocycles. The molecular weight excluding hydrogens is 330 g/mol. The van der Waals surface area contributed by atoms with Crippen LogP contribution in [0.15, 0.2) is 16.9 Å². The molecule has 1 unspecified atom stereocenters. The summed E-state index contributed by atoms with van der Waals surface area (Å²) in [5, 5.41) is 13.5. The van der Waals surface area contributed by atoms with E-state index in [0.29, 0.717) is 13.2 Å². The van der Waals surface area contributed by atoms with Gasteiger partial charge in [0.1, 0.15) is 0 Å². The Morgan fingerprint density at radius 2 is 2.04 bits per heavy atom. The molecule has 1 atom stereocenters. The van der Waals surface area contributed by atoms with Crippen LogP contribution in [0.3, 0.4) is 0 Å². The smallest absolute Gasteiger partial charge is 0.267 e. The monoisotopic (exact) mass is 353 g/mol. The van der Waals surface area contributed by atoms with Crippen LogP contribution in [0.25, 0.3) is 0 Å². The molecule has 2 aliphatic heterocycles. The summed E-state index contributed by atoms with van der Waals surface area (Å²) in [6.07, 6.45) is 6.05. The van der Waals surface area contributed by atoms with Crippen LogP contribution in [0, 0.1) is 0 Å². The van der Waals surface area contributed by atoms with Gasteiger partial charge in [-0.1, -0.05) is 0 Å². The van der Waals surface area contributed by atoms with E-state index in [2.05, 4.69) is 26.3 Å². The van der Waals surface area contributed by atoms with Crippen molar-refractivity contribution in [3.63, 3.8) is 0 Å². The minimum atomic E-state index is 0.0161. The van der Waals surface area contributed by atoms with Crippen molar-refractivity contribution in [3.8, 4) is 0 Å². The van der Waals surface area contributed by atoms with Gasteiger partial charge in [0.15, 0.2) is 5.82 Å². The van der Waals surface area contributed by atoms with E-state index in [-0.39, 0.29) is 11.6 Å². The average Bonchev–Trinajstić information content (AvgIpc) is 3.31. The van der Waals surface area contributed by atoms with Crippen LogP contribution in [0.4, 0.5) is 5.82 Å². The van der Waals surface area contributed by atoms with Gasteiger partial charge in [-0.2, -0.15) is 10.2 Å². The normalized spacial score (nSPS) is 21.7. The second-order valence-electron chi connectivity index (χ2n) is 7.46. The molecule has 5 rings (SSSR count). The molecule has 2 aromatic rings. The highest BCUT2D eigenvalue weighted by Crippen LogP contribution is 2.27. The maximum Gasteiger partial charge on any atom is 0.267 e. The predicted octanol–water partition coefficient (Wildman–Crippen LogP) is 1.26. The third kappa shape index (κ3) is 2.80. The molecular formula is C19H23N5O2. The first-order valence-corrected chi connectivity index (χ1v) is 9.58. The van der Waals surface area contributed by atoms with Gasteiger partial charge < -0.3 is 9.64 Å². The zero-order chi connectivity index (χ0) is 17.5. The molecule has 0 aromatic carbocycles. The minimum absolute atomic E-state index is 0.0161. The summed E-state index contributed by atoms with van der Waals surface area (Å²) in [6.45, 7) is 2.89. The van der Waals surface area contributed by atoms with Crippen molar-refractivity contribution in [2.75, 3.05) is 18.1 Å². The molecule has 26 heavy (non-hydrogen) atoms. The van der Waals surface area contributed by atoms with Gasteiger partial charge >= 0.3 is 0 Å². The average molecular weight is 353 g/mol. The summed E-state index contributed by atoms with van der Waals surface area (Å²) in [5.41, 5.74) is 4.43. The molecule has 0 bridgehead atoms. The van der Waals surface area contributed by atoms with Crippen molar-refractivity contribution in [2.24, 2.45) is 0 Å². The van der Waals surface area contributed by atoms with Crippen LogP contribution in [-0.2, 0) is 37.2 Å². The number of ether oxygens (including phenoxy) is 1. The number of aromatic nitrogens is 4. The lowest BCUT2D eigenvalue weighted by Crippen LogP contribution is -2.38. The molecule has 4 heterocycles. The van der Waals surface area contributed by atoms with E-state index in [4.69, 9.17) is 4.74 Å². The maximum atomic E-state index is 12.4. The topological polar surface area (TPSA) is 73.1 Å². The van der Waals surface area contributed by atoms with E-state index in [1.165, 1.54) is 0 Å². The van der Waals surface area contributed by atoms with Crippen molar-refractivity contribution in [1.82, 2.24) is 20.0 Å². The summed E-state index contributed by atoms with van der Waals surface area (Å²) in [6, 6.07) is 4.13. The Morgan fingerprint density at radius 3 is 3.00 bits per heavy atom. The van der Waals surface area contributed by atoms with E-state index in [9.17, 15) is 4.79 Å². The molecule has 1 saturated heterocycles. The van der Waals surface area contributed by atoms with E-state index >= 15 is 0 Å². The molecule has 1 fully saturated rings. The molecule has 0 N–H and O–H groups in total. The van der Waals surface area contributed by atoms with Crippen molar-refractivity contribution in [3.05, 3.63) is 45.0 Å². The first-order valence-electron chi connectivity index (χ1n) is 9.58. The fraction of sp³-hybridized carbons (Fsp3) is 0.579. The van der Waals surface area contributed by atoms with Gasteiger partial charge in [0.25, 0.3) is 5.56 Å². The number of rotatable bonds is 3. The summed E-state index contributed by atoms with van der Waals surface area (Å²) in [7, 11) is 0. The number of nitrogens with zero attached hydrogens (tertiary/aromatic N) is 5. The summed E-state index contributed by atoms with van der Waals surface area (Å²) in [5.74, 6) is 0.894. The molecule has 3 aliphatic rings. The van der Waals surface area contributed by atoms with E-state index in [1.54, 1.807) is 10.7 Å². The Balaban J connectivity index is 1.40. The Labute approximate surface area is 152 Å². The standard InChI is InChI=1S/C19H23N5O2/c25-19-10-13-3-1-5-17(13)22-24(19)11-15-4-2-7-23(15)18-9-14-12-26-8-6-16(14)20-21-18/h9-10,15H,1-8,11-12H2. The summed E-state index contributed by atoms with van der Waals surface area (Å²) < 4.78 is 7.21. The van der Waals surface area contributed by atoms with Gasteiger partial charge in [0.2, 0.25) is 0 Å². The highest BCUT2D eigenvalue weighted by Gasteiger charge is 2.28. The quantitative estimate of drug-likeness (QED) is 0.827. The van der Waals surface area contributed by atoms with Crippen molar-refractivity contribution >= 4 is 5.82 Å². The highest BCUT2D eigenvalue weighted by atomic mass is 16.5. The number of fused-ring (bicyclic) bond motifs is 2. The number of anilines is 1. The zero-order valence-electron chi connectivity index (χ0n) is 14.9. The molecule has 0 spiro atoms. The number of hydrogen-bond donors (Lipinski definition) is 0. The lowest BCUT2D eigenvalue weighted by Gasteiger charge is -2.27. The molecule has 0 saturated carbocycles. The highest BCUT2D eigenvalue weighted by molar-refractivity contribution is 5.43. The van der Waals surface area contributed by atoms with Crippen LogP contribution in [0.1, 0.15) is 41.8 Å². The van der Waals surface area contributed by atoms with E-state index in [1.807, 2.05) is 0 Å². The van der Waals surface area contributed by atoms with Crippen LogP contribution >= 0.6 is 0 Å². The SMILES string of the molecule is O=c1cc2c(nn1CC1CCCN1c1cc3c(nn1)CCOC3)CCC2. The van der Waals surface area contributed by atoms with E-state index in [0.717, 1.165) is 80.0 Å². The van der Waals surface area contributed by atoms with Gasteiger partial charge in [-0.25, -0.2) is 4.68 Å². The fourth-order valence-electron chi connectivity index (χ4n) is 4.37. The molecule has 0 amide bonds. The van der Waals surface area contributed by atoms with Gasteiger partial charge in [-0.15, -0.1) is 5.10 Å². The molecule has 136 valence electrons. The van der Waals surface area contributed by atoms with Crippen molar-refractivity contribution < 1.29 is 4.74 Å². The van der Waals surface area contributed by atoms with Crippen LogP contribution in [-0.4, -0.2) is 39.2 Å². The van der Waals surface area contributed by atoms with Gasteiger partial charge in [-0.3, -0.25) is 4.79 Å². The second-order valence-corrected chi connectivity index (χ2v) is 7.46. The van der Waals surface area contributed by atoms with Crippen molar-refractivity contribution in [2.45, 2.75) is 57.7 Å². The van der Waals surface area contributed by atoms with Crippen LogP contribution in [0.2, 0.25) is 0 Å². The predicted molar refractivity (Wildman–Crippen MR) is 96.3 cm³/mol. The Kier molecular flexibility index (Phi) is 3.96. The summed E-state index contributed by atoms with van der Waals surface area (Å²) in [4.78, 5) is 14.7. The first-order chi connectivity index (χ1) is 12.8. The first kappa shape index (κ1) is 15.9. The summed E-state index contributed by atoms with van der Waals surface area (Å²) >= 11 is 0. The third-order valence-corrected chi connectivity index (χ3v) is 5.77. The lowest BCUT2D eigenvalue weighted by molar-refractivity contribution is 0.109. The Morgan fingerprint density at radius 1 is 1.08 bits per heavy atom. The van der Waals surface area contributed by atoms with Gasteiger partial charge in [0, 0.05) is 24.6 Å². The second kappa shape index (κ2) is 6.46.